The van der Waals surface area contributed by atoms with Gasteiger partial charge in [0.15, 0.2) is 18.1 Å². The van der Waals surface area contributed by atoms with Crippen molar-refractivity contribution in [3.05, 3.63) is 70.9 Å². The lowest BCUT2D eigenvalue weighted by Crippen LogP contribution is -2.13. The molecule has 0 bridgehead atoms. The zero-order valence-corrected chi connectivity index (χ0v) is 16.2. The SMILES string of the molecule is CCOc1cc(C=O)ccc1OCC(=O)c1cc(C)n(Cc2ccco2)c1C. The summed E-state index contributed by atoms with van der Waals surface area (Å²) in [5.74, 6) is 1.59. The predicted molar refractivity (Wildman–Crippen MR) is 105 cm³/mol. The Bertz CT molecular complexity index is 969. The summed E-state index contributed by atoms with van der Waals surface area (Å²) in [7, 11) is 0. The van der Waals surface area contributed by atoms with Crippen LogP contribution >= 0.6 is 0 Å². The van der Waals surface area contributed by atoms with Crippen molar-refractivity contribution in [2.75, 3.05) is 13.2 Å². The first-order chi connectivity index (χ1) is 13.5. The Morgan fingerprint density at radius 1 is 1.14 bits per heavy atom. The third-order valence-electron chi connectivity index (χ3n) is 4.53. The highest BCUT2D eigenvalue weighted by atomic mass is 16.5. The van der Waals surface area contributed by atoms with Crippen LogP contribution in [0.2, 0.25) is 0 Å². The number of carbonyl (C=O) groups is 2. The zero-order valence-electron chi connectivity index (χ0n) is 16.2. The van der Waals surface area contributed by atoms with Crippen LogP contribution in [-0.4, -0.2) is 29.9 Å². The Kier molecular flexibility index (Phi) is 5.99. The van der Waals surface area contributed by atoms with Crippen LogP contribution in [0.1, 0.15) is 44.8 Å². The van der Waals surface area contributed by atoms with E-state index in [2.05, 4.69) is 0 Å². The van der Waals surface area contributed by atoms with E-state index in [-0.39, 0.29) is 12.4 Å². The average Bonchev–Trinajstić information content (AvgIpc) is 3.30. The highest BCUT2D eigenvalue weighted by Crippen LogP contribution is 2.28. The predicted octanol–water partition coefficient (Wildman–Crippen LogP) is 4.22. The molecule has 0 saturated carbocycles. The van der Waals surface area contributed by atoms with Crippen molar-refractivity contribution in [2.24, 2.45) is 0 Å². The molecule has 0 spiro atoms. The van der Waals surface area contributed by atoms with Gasteiger partial charge in [-0.15, -0.1) is 0 Å². The number of aryl methyl sites for hydroxylation is 1. The molecule has 3 rings (SSSR count). The molecule has 0 amide bonds. The molecule has 28 heavy (non-hydrogen) atoms. The molecule has 0 aliphatic rings. The zero-order chi connectivity index (χ0) is 20.1. The third kappa shape index (κ3) is 4.17. The number of furan rings is 1. The molecule has 2 aromatic heterocycles. The van der Waals surface area contributed by atoms with Gasteiger partial charge in [0.25, 0.3) is 0 Å². The van der Waals surface area contributed by atoms with Crippen LogP contribution in [0.15, 0.2) is 47.1 Å². The van der Waals surface area contributed by atoms with E-state index in [0.717, 1.165) is 23.4 Å². The van der Waals surface area contributed by atoms with Gasteiger partial charge in [0.05, 0.1) is 19.4 Å². The smallest absolute Gasteiger partial charge is 0.202 e. The van der Waals surface area contributed by atoms with Gasteiger partial charge in [-0.2, -0.15) is 0 Å². The monoisotopic (exact) mass is 381 g/mol. The van der Waals surface area contributed by atoms with E-state index >= 15 is 0 Å². The first kappa shape index (κ1) is 19.5. The molecule has 1 aromatic carbocycles. The molecule has 0 fully saturated rings. The van der Waals surface area contributed by atoms with Gasteiger partial charge in [0, 0.05) is 22.5 Å². The molecule has 3 aromatic rings. The molecule has 146 valence electrons. The van der Waals surface area contributed by atoms with Crippen LogP contribution in [-0.2, 0) is 6.54 Å². The fraction of sp³-hybridized carbons (Fsp3) is 0.273. The Morgan fingerprint density at radius 2 is 1.96 bits per heavy atom. The van der Waals surface area contributed by atoms with Gasteiger partial charge in [-0.25, -0.2) is 0 Å². The second-order valence-electron chi connectivity index (χ2n) is 6.42. The summed E-state index contributed by atoms with van der Waals surface area (Å²) in [4.78, 5) is 23.7. The number of rotatable bonds is 9. The number of benzene rings is 1. The number of aromatic nitrogens is 1. The van der Waals surface area contributed by atoms with E-state index in [0.29, 0.717) is 35.8 Å². The molecule has 0 aliphatic carbocycles. The largest absolute Gasteiger partial charge is 0.490 e. The maximum absolute atomic E-state index is 12.7. The van der Waals surface area contributed by atoms with Crippen molar-refractivity contribution in [2.45, 2.75) is 27.3 Å². The highest BCUT2D eigenvalue weighted by Gasteiger charge is 2.18. The fourth-order valence-electron chi connectivity index (χ4n) is 3.09. The Morgan fingerprint density at radius 3 is 2.64 bits per heavy atom. The van der Waals surface area contributed by atoms with Gasteiger partial charge in [0.1, 0.15) is 12.0 Å². The van der Waals surface area contributed by atoms with E-state index in [1.807, 2.05) is 43.5 Å². The number of hydrogen-bond acceptors (Lipinski definition) is 5. The average molecular weight is 381 g/mol. The van der Waals surface area contributed by atoms with Crippen molar-refractivity contribution in [1.29, 1.82) is 0 Å². The Balaban J connectivity index is 1.74. The van der Waals surface area contributed by atoms with Crippen LogP contribution in [0.4, 0.5) is 0 Å². The van der Waals surface area contributed by atoms with E-state index in [4.69, 9.17) is 13.9 Å². The first-order valence-corrected chi connectivity index (χ1v) is 9.10. The summed E-state index contributed by atoms with van der Waals surface area (Å²) >= 11 is 0. The van der Waals surface area contributed by atoms with E-state index < -0.39 is 0 Å². The van der Waals surface area contributed by atoms with Crippen LogP contribution < -0.4 is 9.47 Å². The summed E-state index contributed by atoms with van der Waals surface area (Å²) in [5.41, 5.74) is 2.95. The third-order valence-corrected chi connectivity index (χ3v) is 4.53. The van der Waals surface area contributed by atoms with Crippen LogP contribution in [0, 0.1) is 13.8 Å². The number of hydrogen-bond donors (Lipinski definition) is 0. The van der Waals surface area contributed by atoms with Crippen molar-refractivity contribution in [1.82, 2.24) is 4.57 Å². The molecule has 0 saturated heterocycles. The summed E-state index contributed by atoms with van der Waals surface area (Å²) in [6, 6.07) is 10.5. The molecule has 0 atom stereocenters. The second-order valence-corrected chi connectivity index (χ2v) is 6.42. The van der Waals surface area contributed by atoms with Crippen molar-refractivity contribution in [3.63, 3.8) is 0 Å². The number of nitrogens with zero attached hydrogens (tertiary/aromatic N) is 1. The van der Waals surface area contributed by atoms with Gasteiger partial charge in [0.2, 0.25) is 5.78 Å². The molecular weight excluding hydrogens is 358 g/mol. The Labute approximate surface area is 163 Å². The van der Waals surface area contributed by atoms with Gasteiger partial charge in [-0.3, -0.25) is 9.59 Å². The summed E-state index contributed by atoms with van der Waals surface area (Å²) in [6.45, 7) is 6.59. The molecule has 0 N–H and O–H groups in total. The molecule has 0 aliphatic heterocycles. The lowest BCUT2D eigenvalue weighted by atomic mass is 10.1. The van der Waals surface area contributed by atoms with E-state index in [1.165, 1.54) is 0 Å². The Hall–Kier alpha value is -3.28. The lowest BCUT2D eigenvalue weighted by molar-refractivity contribution is 0.0917. The van der Waals surface area contributed by atoms with Crippen LogP contribution in [0.5, 0.6) is 11.5 Å². The number of carbonyl (C=O) groups excluding carboxylic acids is 2. The fourth-order valence-corrected chi connectivity index (χ4v) is 3.09. The van der Waals surface area contributed by atoms with Crippen molar-refractivity contribution < 1.29 is 23.5 Å². The molecule has 0 unspecified atom stereocenters. The van der Waals surface area contributed by atoms with Crippen molar-refractivity contribution in [3.8, 4) is 11.5 Å². The second kappa shape index (κ2) is 8.61. The standard InChI is InChI=1S/C22H23NO5/c1-4-26-22-11-17(13-24)7-8-21(22)28-14-20(25)19-10-15(2)23(16(19)3)12-18-6-5-9-27-18/h5-11,13H,4,12,14H2,1-3H3. The number of Topliss-reactive ketones (excluding diaryl/α,β-unsaturated/α-hetero) is 1. The van der Waals surface area contributed by atoms with Crippen LogP contribution in [0.3, 0.4) is 0 Å². The van der Waals surface area contributed by atoms with Gasteiger partial charge in [-0.1, -0.05) is 0 Å². The first-order valence-electron chi connectivity index (χ1n) is 9.10. The van der Waals surface area contributed by atoms with E-state index in [9.17, 15) is 9.59 Å². The van der Waals surface area contributed by atoms with Gasteiger partial charge in [-0.05, 0) is 57.2 Å². The molecule has 6 heteroatoms. The van der Waals surface area contributed by atoms with Gasteiger partial charge >= 0.3 is 0 Å². The van der Waals surface area contributed by atoms with Crippen molar-refractivity contribution >= 4 is 12.1 Å². The highest BCUT2D eigenvalue weighted by molar-refractivity contribution is 5.98. The molecule has 6 nitrogen and oxygen atoms in total. The molecule has 2 heterocycles. The summed E-state index contributed by atoms with van der Waals surface area (Å²) < 4.78 is 18.7. The maximum Gasteiger partial charge on any atom is 0.202 e. The number of ketones is 1. The number of aldehydes is 1. The minimum Gasteiger partial charge on any atom is -0.490 e. The minimum absolute atomic E-state index is 0.119. The molecule has 0 radical (unpaired) electrons. The normalized spacial score (nSPS) is 10.7. The minimum atomic E-state index is -0.124. The van der Waals surface area contributed by atoms with E-state index in [1.54, 1.807) is 24.5 Å². The van der Waals surface area contributed by atoms with Gasteiger partial charge < -0.3 is 18.5 Å². The topological polar surface area (TPSA) is 70.7 Å². The number of ether oxygens (including phenoxy) is 2. The molecular formula is C22H23NO5. The summed E-state index contributed by atoms with van der Waals surface area (Å²) in [6.07, 6.45) is 2.38. The quantitative estimate of drug-likeness (QED) is 0.410. The maximum atomic E-state index is 12.7. The van der Waals surface area contributed by atoms with Crippen LogP contribution in [0.25, 0.3) is 0 Å². The lowest BCUT2D eigenvalue weighted by Gasteiger charge is -2.12. The summed E-state index contributed by atoms with van der Waals surface area (Å²) in [5, 5.41) is 0.